The van der Waals surface area contributed by atoms with Crippen LogP contribution in [0.3, 0.4) is 0 Å². The van der Waals surface area contributed by atoms with E-state index >= 15 is 0 Å². The quantitative estimate of drug-likeness (QED) is 0.725. The zero-order valence-electron chi connectivity index (χ0n) is 9.28. The SMILES string of the molecule is CCc1cc[c-](CC)c1CC.[CH3-].[Zr+2]. The summed E-state index contributed by atoms with van der Waals surface area (Å²) in [7, 11) is 0. The predicted octanol–water partition coefficient (Wildman–Crippen LogP) is 3.54. The van der Waals surface area contributed by atoms with Crippen LogP contribution in [-0.2, 0) is 45.5 Å². The molecule has 0 N–H and O–H groups in total. The summed E-state index contributed by atoms with van der Waals surface area (Å²) in [5.74, 6) is 0. The monoisotopic (exact) mass is 254 g/mol. The van der Waals surface area contributed by atoms with E-state index < -0.39 is 0 Å². The molecule has 0 unspecified atom stereocenters. The van der Waals surface area contributed by atoms with Crippen molar-refractivity contribution in [3.05, 3.63) is 36.2 Å². The van der Waals surface area contributed by atoms with Gasteiger partial charge in [0, 0.05) is 0 Å². The summed E-state index contributed by atoms with van der Waals surface area (Å²) in [6.45, 7) is 6.70. The van der Waals surface area contributed by atoms with E-state index in [4.69, 9.17) is 0 Å². The molecule has 0 aromatic heterocycles. The van der Waals surface area contributed by atoms with Crippen LogP contribution >= 0.6 is 0 Å². The molecule has 0 aliphatic heterocycles. The van der Waals surface area contributed by atoms with Crippen LogP contribution in [0.4, 0.5) is 0 Å². The van der Waals surface area contributed by atoms with Crippen molar-refractivity contribution in [2.45, 2.75) is 40.0 Å². The van der Waals surface area contributed by atoms with Crippen molar-refractivity contribution in [3.8, 4) is 0 Å². The molecule has 72 valence electrons. The van der Waals surface area contributed by atoms with Crippen LogP contribution in [0.2, 0.25) is 0 Å². The van der Waals surface area contributed by atoms with E-state index in [1.54, 1.807) is 16.7 Å². The van der Waals surface area contributed by atoms with Crippen LogP contribution in [0.15, 0.2) is 12.1 Å². The first-order valence-corrected chi connectivity index (χ1v) is 4.59. The topological polar surface area (TPSA) is 0 Å². The normalized spacial score (nSPS) is 8.85. The van der Waals surface area contributed by atoms with Gasteiger partial charge in [-0.05, 0) is 0 Å². The van der Waals surface area contributed by atoms with Crippen LogP contribution in [-0.4, -0.2) is 0 Å². The Labute approximate surface area is 102 Å². The van der Waals surface area contributed by atoms with Gasteiger partial charge in [-0.25, -0.2) is 6.07 Å². The zero-order valence-corrected chi connectivity index (χ0v) is 11.7. The van der Waals surface area contributed by atoms with E-state index in [9.17, 15) is 0 Å². The van der Waals surface area contributed by atoms with Gasteiger partial charge in [0.1, 0.15) is 0 Å². The Balaban J connectivity index is 0. The minimum absolute atomic E-state index is 0. The molecule has 1 heteroatoms. The Morgan fingerprint density at radius 2 is 1.77 bits per heavy atom. The maximum absolute atomic E-state index is 2.28. The molecule has 0 fully saturated rings. The summed E-state index contributed by atoms with van der Waals surface area (Å²) >= 11 is 0. The third-order valence-electron chi connectivity index (χ3n) is 2.38. The van der Waals surface area contributed by atoms with Crippen molar-refractivity contribution >= 4 is 0 Å². The smallest absolute Gasteiger partial charge is 0.358 e. The molecule has 0 saturated carbocycles. The summed E-state index contributed by atoms with van der Waals surface area (Å²) in [6, 6.07) is 4.55. The average Bonchev–Trinajstić information content (AvgIpc) is 2.45. The fraction of sp³-hybridized carbons (Fsp3) is 0.500. The molecular weight excluding hydrogens is 235 g/mol. The van der Waals surface area contributed by atoms with E-state index in [2.05, 4.69) is 32.9 Å². The third-order valence-corrected chi connectivity index (χ3v) is 2.38. The van der Waals surface area contributed by atoms with Crippen molar-refractivity contribution < 1.29 is 26.2 Å². The van der Waals surface area contributed by atoms with Gasteiger partial charge < -0.3 is 7.43 Å². The number of aryl methyl sites for hydroxylation is 2. The van der Waals surface area contributed by atoms with Gasteiger partial charge in [0.15, 0.2) is 0 Å². The maximum atomic E-state index is 2.28. The van der Waals surface area contributed by atoms with Crippen LogP contribution in [0.25, 0.3) is 0 Å². The maximum Gasteiger partial charge on any atom is 2.00 e. The first-order chi connectivity index (χ1) is 5.33. The Morgan fingerprint density at radius 1 is 1.15 bits per heavy atom. The fourth-order valence-electron chi connectivity index (χ4n) is 1.73. The molecule has 0 heterocycles. The van der Waals surface area contributed by atoms with E-state index in [-0.39, 0.29) is 33.6 Å². The van der Waals surface area contributed by atoms with Gasteiger partial charge in [-0.3, -0.25) is 0 Å². The summed E-state index contributed by atoms with van der Waals surface area (Å²) in [6.07, 6.45) is 3.56. The van der Waals surface area contributed by atoms with Gasteiger partial charge in [0.25, 0.3) is 0 Å². The third kappa shape index (κ3) is 3.46. The van der Waals surface area contributed by atoms with E-state index in [1.165, 1.54) is 19.3 Å². The van der Waals surface area contributed by atoms with Crippen LogP contribution < -0.4 is 0 Å². The van der Waals surface area contributed by atoms with Gasteiger partial charge in [0.05, 0.1) is 0 Å². The molecule has 13 heavy (non-hydrogen) atoms. The zero-order chi connectivity index (χ0) is 8.27. The Kier molecular flexibility index (Phi) is 9.20. The standard InChI is InChI=1S/C11H17.CH3.Zr/c1-4-9-7-8-10(5-2)11(9)6-3;;/h7-8H,4-6H2,1-3H3;1H3;/q2*-1;+2. The molecule has 0 bridgehead atoms. The van der Waals surface area contributed by atoms with E-state index in [0.717, 1.165) is 0 Å². The first kappa shape index (κ1) is 15.7. The molecule has 0 aliphatic carbocycles. The van der Waals surface area contributed by atoms with E-state index in [0.29, 0.717) is 0 Å². The average molecular weight is 256 g/mol. The van der Waals surface area contributed by atoms with Gasteiger partial charge in [0.2, 0.25) is 0 Å². The van der Waals surface area contributed by atoms with Crippen LogP contribution in [0.1, 0.15) is 37.5 Å². The second kappa shape index (κ2) is 7.62. The second-order valence-corrected chi connectivity index (χ2v) is 2.92. The van der Waals surface area contributed by atoms with Crippen molar-refractivity contribution in [3.63, 3.8) is 0 Å². The van der Waals surface area contributed by atoms with Crippen molar-refractivity contribution in [1.82, 2.24) is 0 Å². The van der Waals surface area contributed by atoms with Gasteiger partial charge in [-0.15, -0.1) is 0 Å². The predicted molar refractivity (Wildman–Crippen MR) is 56.6 cm³/mol. The summed E-state index contributed by atoms with van der Waals surface area (Å²) in [4.78, 5) is 0. The van der Waals surface area contributed by atoms with Gasteiger partial charge in [-0.2, -0.15) is 22.8 Å². The van der Waals surface area contributed by atoms with Gasteiger partial charge >= 0.3 is 26.2 Å². The van der Waals surface area contributed by atoms with Crippen molar-refractivity contribution in [2.75, 3.05) is 0 Å². The minimum Gasteiger partial charge on any atom is -0.358 e. The summed E-state index contributed by atoms with van der Waals surface area (Å²) in [5, 5.41) is 0. The largest absolute Gasteiger partial charge is 2.00 e. The molecule has 0 aliphatic rings. The van der Waals surface area contributed by atoms with Crippen LogP contribution in [0.5, 0.6) is 0 Å². The molecular formula is C12H20Zr. The number of rotatable bonds is 3. The molecule has 0 amide bonds. The number of hydrogen-bond acceptors (Lipinski definition) is 0. The molecule has 0 radical (unpaired) electrons. The van der Waals surface area contributed by atoms with Crippen LogP contribution in [0, 0.1) is 7.43 Å². The second-order valence-electron chi connectivity index (χ2n) is 2.92. The Bertz CT molecular complexity index is 202. The summed E-state index contributed by atoms with van der Waals surface area (Å²) in [5.41, 5.74) is 4.68. The Morgan fingerprint density at radius 3 is 2.15 bits per heavy atom. The molecule has 1 rings (SSSR count). The fourth-order valence-corrected chi connectivity index (χ4v) is 1.73. The molecule has 0 atom stereocenters. The van der Waals surface area contributed by atoms with Gasteiger partial charge in [-0.1, -0.05) is 40.0 Å². The molecule has 0 spiro atoms. The number of hydrogen-bond donors (Lipinski definition) is 0. The minimum atomic E-state index is 0. The van der Waals surface area contributed by atoms with Crippen molar-refractivity contribution in [2.24, 2.45) is 0 Å². The van der Waals surface area contributed by atoms with E-state index in [1.807, 2.05) is 0 Å². The molecule has 0 saturated heterocycles. The van der Waals surface area contributed by atoms with Crippen molar-refractivity contribution in [1.29, 1.82) is 0 Å². The summed E-state index contributed by atoms with van der Waals surface area (Å²) < 4.78 is 0. The molecule has 1 aromatic rings. The first-order valence-electron chi connectivity index (χ1n) is 4.59. The molecule has 1 aromatic carbocycles. The Hall–Kier alpha value is 0.233. The molecule has 0 nitrogen and oxygen atoms in total.